The number of fused-ring (bicyclic) bond motifs is 1. The van der Waals surface area contributed by atoms with Gasteiger partial charge in [0.25, 0.3) is 0 Å². The Morgan fingerprint density at radius 1 is 1.04 bits per heavy atom. The minimum Gasteiger partial charge on any atom is -0.465 e. The molecule has 1 N–H and O–H groups in total. The van der Waals surface area contributed by atoms with Crippen LogP contribution >= 0.6 is 0 Å². The number of piperidine rings is 1. The zero-order valence-corrected chi connectivity index (χ0v) is 13.7. The number of halogens is 1. The standard InChI is InChI=1S/C20H19FN2O2/c21-15-5-7-16(8-6-15)23-13-18(17-3-1-2-4-19(17)23)14-9-11-22(12-10-14)20(24)25/h1-8,13-14H,9-12H2,(H,24,25). The van der Waals surface area contributed by atoms with Gasteiger partial charge in [-0.05, 0) is 54.7 Å². The van der Waals surface area contributed by atoms with Crippen LogP contribution in [0.4, 0.5) is 9.18 Å². The van der Waals surface area contributed by atoms with Crippen molar-refractivity contribution in [2.45, 2.75) is 18.8 Å². The van der Waals surface area contributed by atoms with Gasteiger partial charge in [0.05, 0.1) is 5.52 Å². The number of carboxylic acid groups (broad SMARTS) is 1. The van der Waals surface area contributed by atoms with E-state index in [1.54, 1.807) is 12.1 Å². The monoisotopic (exact) mass is 338 g/mol. The molecule has 0 bridgehead atoms. The first kappa shape index (κ1) is 15.7. The molecular weight excluding hydrogens is 319 g/mol. The molecule has 0 aliphatic carbocycles. The molecule has 25 heavy (non-hydrogen) atoms. The van der Waals surface area contributed by atoms with Gasteiger partial charge in [-0.2, -0.15) is 0 Å². The first-order chi connectivity index (χ1) is 12.1. The summed E-state index contributed by atoms with van der Waals surface area (Å²) in [6.45, 7) is 1.13. The van der Waals surface area contributed by atoms with Crippen LogP contribution in [0.25, 0.3) is 16.6 Å². The van der Waals surface area contributed by atoms with Crippen LogP contribution in [0, 0.1) is 5.82 Å². The first-order valence-corrected chi connectivity index (χ1v) is 8.47. The number of likely N-dealkylation sites (tertiary alicyclic amines) is 1. The summed E-state index contributed by atoms with van der Waals surface area (Å²) in [5.41, 5.74) is 3.25. The molecule has 3 aromatic rings. The van der Waals surface area contributed by atoms with Gasteiger partial charge in [0.1, 0.15) is 5.82 Å². The summed E-state index contributed by atoms with van der Waals surface area (Å²) in [6.07, 6.45) is 2.93. The van der Waals surface area contributed by atoms with Crippen molar-refractivity contribution in [2.24, 2.45) is 0 Å². The lowest BCUT2D eigenvalue weighted by molar-refractivity contribution is 0.132. The van der Waals surface area contributed by atoms with Crippen LogP contribution < -0.4 is 0 Å². The lowest BCUT2D eigenvalue weighted by Crippen LogP contribution is -2.36. The van der Waals surface area contributed by atoms with E-state index in [-0.39, 0.29) is 5.82 Å². The van der Waals surface area contributed by atoms with Gasteiger partial charge in [0.2, 0.25) is 0 Å². The van der Waals surface area contributed by atoms with Crippen LogP contribution in [-0.4, -0.2) is 33.8 Å². The van der Waals surface area contributed by atoms with Gasteiger partial charge in [-0.3, -0.25) is 0 Å². The van der Waals surface area contributed by atoms with Gasteiger partial charge in [0, 0.05) is 30.4 Å². The van der Waals surface area contributed by atoms with Gasteiger partial charge in [-0.15, -0.1) is 0 Å². The van der Waals surface area contributed by atoms with E-state index in [0.29, 0.717) is 19.0 Å². The van der Waals surface area contributed by atoms with Gasteiger partial charge in [-0.25, -0.2) is 9.18 Å². The fourth-order valence-corrected chi connectivity index (χ4v) is 3.73. The smallest absolute Gasteiger partial charge is 0.407 e. The summed E-state index contributed by atoms with van der Waals surface area (Å²) in [5, 5.41) is 10.3. The molecule has 0 spiro atoms. The van der Waals surface area contributed by atoms with Gasteiger partial charge >= 0.3 is 6.09 Å². The fraction of sp³-hybridized carbons (Fsp3) is 0.250. The highest BCUT2D eigenvalue weighted by Gasteiger charge is 2.25. The number of aromatic nitrogens is 1. The number of rotatable bonds is 2. The maximum atomic E-state index is 13.3. The number of carbonyl (C=O) groups is 1. The third-order valence-electron chi connectivity index (χ3n) is 5.05. The number of hydrogen-bond donors (Lipinski definition) is 1. The molecule has 2 heterocycles. The Hall–Kier alpha value is -2.82. The van der Waals surface area contributed by atoms with Crippen LogP contribution in [0.3, 0.4) is 0 Å². The second-order valence-electron chi connectivity index (χ2n) is 6.49. The van der Waals surface area contributed by atoms with Crippen molar-refractivity contribution in [3.8, 4) is 5.69 Å². The fourth-order valence-electron chi connectivity index (χ4n) is 3.73. The molecule has 1 aliphatic rings. The number of para-hydroxylation sites is 1. The second kappa shape index (κ2) is 6.24. The molecule has 4 nitrogen and oxygen atoms in total. The maximum absolute atomic E-state index is 13.3. The SMILES string of the molecule is O=C(O)N1CCC(c2cn(-c3ccc(F)cc3)c3ccccc23)CC1. The summed E-state index contributed by atoms with van der Waals surface area (Å²) >= 11 is 0. The van der Waals surface area contributed by atoms with Crippen LogP contribution in [0.1, 0.15) is 24.3 Å². The summed E-state index contributed by atoms with van der Waals surface area (Å²) < 4.78 is 15.3. The summed E-state index contributed by atoms with van der Waals surface area (Å²) in [5.74, 6) is 0.0867. The molecule has 1 fully saturated rings. The average molecular weight is 338 g/mol. The zero-order chi connectivity index (χ0) is 17.4. The molecule has 2 aromatic carbocycles. The zero-order valence-electron chi connectivity index (χ0n) is 13.7. The van der Waals surface area contributed by atoms with E-state index in [0.717, 1.165) is 24.0 Å². The molecule has 128 valence electrons. The number of hydrogen-bond acceptors (Lipinski definition) is 1. The Balaban J connectivity index is 1.73. The van der Waals surface area contributed by atoms with E-state index in [1.165, 1.54) is 28.0 Å². The second-order valence-corrected chi connectivity index (χ2v) is 6.49. The summed E-state index contributed by atoms with van der Waals surface area (Å²) in [6, 6.07) is 14.7. The third-order valence-corrected chi connectivity index (χ3v) is 5.05. The van der Waals surface area contributed by atoms with Crippen LogP contribution in [0.15, 0.2) is 54.7 Å². The third kappa shape index (κ3) is 2.86. The van der Waals surface area contributed by atoms with E-state index in [1.807, 2.05) is 12.1 Å². The molecular formula is C20H19FN2O2. The number of benzene rings is 2. The molecule has 0 atom stereocenters. The predicted octanol–water partition coefficient (Wildman–Crippen LogP) is 4.63. The van der Waals surface area contributed by atoms with Gasteiger partial charge in [-0.1, -0.05) is 18.2 Å². The highest BCUT2D eigenvalue weighted by Crippen LogP contribution is 2.35. The Kier molecular flexibility index (Phi) is 3.92. The Morgan fingerprint density at radius 3 is 2.40 bits per heavy atom. The van der Waals surface area contributed by atoms with Crippen molar-refractivity contribution in [3.05, 3.63) is 66.1 Å². The van der Waals surface area contributed by atoms with Crippen molar-refractivity contribution in [1.29, 1.82) is 0 Å². The molecule has 4 rings (SSSR count). The quantitative estimate of drug-likeness (QED) is 0.740. The molecule has 1 aromatic heterocycles. The average Bonchev–Trinajstić information content (AvgIpc) is 3.02. The van der Waals surface area contributed by atoms with E-state index >= 15 is 0 Å². The minimum atomic E-state index is -0.841. The van der Waals surface area contributed by atoms with E-state index < -0.39 is 6.09 Å². The highest BCUT2D eigenvalue weighted by molar-refractivity contribution is 5.86. The first-order valence-electron chi connectivity index (χ1n) is 8.47. The lowest BCUT2D eigenvalue weighted by atomic mass is 9.89. The molecule has 0 unspecified atom stereocenters. The van der Waals surface area contributed by atoms with Crippen molar-refractivity contribution in [3.63, 3.8) is 0 Å². The van der Waals surface area contributed by atoms with Crippen LogP contribution in [0.5, 0.6) is 0 Å². The maximum Gasteiger partial charge on any atom is 0.407 e. The summed E-state index contributed by atoms with van der Waals surface area (Å²) in [4.78, 5) is 12.6. The molecule has 5 heteroatoms. The molecule has 1 saturated heterocycles. The minimum absolute atomic E-state index is 0.249. The topological polar surface area (TPSA) is 45.5 Å². The van der Waals surface area contributed by atoms with E-state index in [4.69, 9.17) is 5.11 Å². The van der Waals surface area contributed by atoms with Gasteiger partial charge in [0.15, 0.2) is 0 Å². The van der Waals surface area contributed by atoms with Crippen molar-refractivity contribution in [1.82, 2.24) is 9.47 Å². The Bertz CT molecular complexity index is 909. The normalized spacial score (nSPS) is 15.6. The highest BCUT2D eigenvalue weighted by atomic mass is 19.1. The van der Waals surface area contributed by atoms with E-state index in [2.05, 4.69) is 22.9 Å². The molecule has 0 saturated carbocycles. The van der Waals surface area contributed by atoms with Crippen molar-refractivity contribution < 1.29 is 14.3 Å². The van der Waals surface area contributed by atoms with Crippen molar-refractivity contribution in [2.75, 3.05) is 13.1 Å². The molecule has 1 aliphatic heterocycles. The summed E-state index contributed by atoms with van der Waals surface area (Å²) in [7, 11) is 0. The number of nitrogens with zero attached hydrogens (tertiary/aromatic N) is 2. The predicted molar refractivity (Wildman–Crippen MR) is 94.8 cm³/mol. The van der Waals surface area contributed by atoms with Gasteiger partial charge < -0.3 is 14.6 Å². The van der Waals surface area contributed by atoms with Crippen molar-refractivity contribution >= 4 is 17.0 Å². The number of amides is 1. The van der Waals surface area contributed by atoms with Crippen LogP contribution in [0.2, 0.25) is 0 Å². The van der Waals surface area contributed by atoms with E-state index in [9.17, 15) is 9.18 Å². The lowest BCUT2D eigenvalue weighted by Gasteiger charge is -2.29. The Morgan fingerprint density at radius 2 is 1.72 bits per heavy atom. The largest absolute Gasteiger partial charge is 0.465 e. The Labute approximate surface area is 145 Å². The molecule has 0 radical (unpaired) electrons. The van der Waals surface area contributed by atoms with Crippen LogP contribution in [-0.2, 0) is 0 Å². The molecule has 1 amide bonds.